The lowest BCUT2D eigenvalue weighted by atomic mass is 10.2. The van der Waals surface area contributed by atoms with Crippen LogP contribution in [0.3, 0.4) is 0 Å². The molecule has 2 N–H and O–H groups in total. The van der Waals surface area contributed by atoms with Crippen molar-refractivity contribution in [1.82, 2.24) is 20.2 Å². The molecule has 1 saturated carbocycles. The highest BCUT2D eigenvalue weighted by Gasteiger charge is 2.37. The van der Waals surface area contributed by atoms with Crippen molar-refractivity contribution in [1.29, 1.82) is 0 Å². The van der Waals surface area contributed by atoms with E-state index < -0.39 is 0 Å². The predicted molar refractivity (Wildman–Crippen MR) is 65.5 cm³/mol. The molecule has 1 aliphatic rings. The highest BCUT2D eigenvalue weighted by molar-refractivity contribution is 6.33. The first-order valence-electron chi connectivity index (χ1n) is 5.50. The number of anilines is 1. The standard InChI is InChI=1S/C11H12ClN5/c1-6-4-10(6)17-11(14-15-16-17)7-2-3-8(12)9(13)5-7/h2-3,5-6,10H,4,13H2,1H3. The molecule has 0 saturated heterocycles. The number of halogens is 1. The minimum atomic E-state index is 0.414. The maximum absolute atomic E-state index is 5.90. The minimum Gasteiger partial charge on any atom is -0.398 e. The van der Waals surface area contributed by atoms with Crippen LogP contribution in [0.5, 0.6) is 0 Å². The molecule has 0 radical (unpaired) electrons. The number of rotatable bonds is 2. The molecule has 1 aliphatic carbocycles. The van der Waals surface area contributed by atoms with Crippen molar-refractivity contribution in [3.05, 3.63) is 23.2 Å². The smallest absolute Gasteiger partial charge is 0.182 e. The molecule has 6 heteroatoms. The molecule has 0 spiro atoms. The molecule has 0 bridgehead atoms. The van der Waals surface area contributed by atoms with Gasteiger partial charge in [-0.1, -0.05) is 18.5 Å². The minimum absolute atomic E-state index is 0.414. The summed E-state index contributed by atoms with van der Waals surface area (Å²) in [5.74, 6) is 1.39. The van der Waals surface area contributed by atoms with E-state index in [0.717, 1.165) is 17.8 Å². The lowest BCUT2D eigenvalue weighted by Crippen LogP contribution is -2.01. The fourth-order valence-corrected chi connectivity index (χ4v) is 2.05. The monoisotopic (exact) mass is 249 g/mol. The van der Waals surface area contributed by atoms with Crippen LogP contribution in [-0.4, -0.2) is 20.2 Å². The Balaban J connectivity index is 2.03. The molecule has 17 heavy (non-hydrogen) atoms. The summed E-state index contributed by atoms with van der Waals surface area (Å²) in [6.07, 6.45) is 1.13. The molecule has 2 aromatic rings. The van der Waals surface area contributed by atoms with Crippen LogP contribution in [0.1, 0.15) is 19.4 Å². The van der Waals surface area contributed by atoms with Crippen molar-refractivity contribution in [2.75, 3.05) is 5.73 Å². The van der Waals surface area contributed by atoms with Crippen LogP contribution in [0.2, 0.25) is 5.02 Å². The van der Waals surface area contributed by atoms with Crippen LogP contribution in [0, 0.1) is 5.92 Å². The molecule has 1 heterocycles. The van der Waals surface area contributed by atoms with Gasteiger partial charge in [0, 0.05) is 5.56 Å². The van der Waals surface area contributed by atoms with Gasteiger partial charge < -0.3 is 5.73 Å². The number of hydrogen-bond acceptors (Lipinski definition) is 4. The SMILES string of the molecule is CC1CC1n1nnnc1-c1ccc(Cl)c(N)c1. The van der Waals surface area contributed by atoms with Crippen LogP contribution in [0.15, 0.2) is 18.2 Å². The van der Waals surface area contributed by atoms with Crippen LogP contribution in [0.4, 0.5) is 5.69 Å². The Labute approximate surface area is 104 Å². The summed E-state index contributed by atoms with van der Waals surface area (Å²) in [5.41, 5.74) is 7.23. The van der Waals surface area contributed by atoms with Gasteiger partial charge in [-0.3, -0.25) is 0 Å². The zero-order valence-electron chi connectivity index (χ0n) is 9.34. The van der Waals surface area contributed by atoms with Gasteiger partial charge in [-0.15, -0.1) is 5.10 Å². The topological polar surface area (TPSA) is 69.6 Å². The Morgan fingerprint density at radius 2 is 2.24 bits per heavy atom. The van der Waals surface area contributed by atoms with Crippen molar-refractivity contribution in [2.45, 2.75) is 19.4 Å². The van der Waals surface area contributed by atoms with Gasteiger partial charge in [-0.2, -0.15) is 0 Å². The van der Waals surface area contributed by atoms with Crippen LogP contribution >= 0.6 is 11.6 Å². The van der Waals surface area contributed by atoms with Crippen LogP contribution < -0.4 is 5.73 Å². The van der Waals surface area contributed by atoms with Crippen molar-refractivity contribution >= 4 is 17.3 Å². The third-order valence-corrected chi connectivity index (χ3v) is 3.47. The molecular weight excluding hydrogens is 238 g/mol. The number of hydrogen-bond donors (Lipinski definition) is 1. The molecule has 0 aliphatic heterocycles. The molecule has 3 rings (SSSR count). The van der Waals surface area contributed by atoms with E-state index in [0.29, 0.717) is 22.7 Å². The molecular formula is C11H12ClN5. The number of nitrogen functional groups attached to an aromatic ring is 1. The van der Waals surface area contributed by atoms with Crippen molar-refractivity contribution in [3.8, 4) is 11.4 Å². The predicted octanol–water partition coefficient (Wildman–Crippen LogP) is 2.16. The van der Waals surface area contributed by atoms with Gasteiger partial charge >= 0.3 is 0 Å². The van der Waals surface area contributed by atoms with Crippen LogP contribution in [-0.2, 0) is 0 Å². The Bertz CT molecular complexity index is 565. The molecule has 5 nitrogen and oxygen atoms in total. The van der Waals surface area contributed by atoms with E-state index >= 15 is 0 Å². The summed E-state index contributed by atoms with van der Waals surface area (Å²) in [6.45, 7) is 2.19. The second-order valence-corrected chi connectivity index (χ2v) is 4.87. The number of nitrogens with zero attached hydrogens (tertiary/aromatic N) is 4. The highest BCUT2D eigenvalue weighted by Crippen LogP contribution is 2.43. The number of benzene rings is 1. The quantitative estimate of drug-likeness (QED) is 0.828. The largest absolute Gasteiger partial charge is 0.398 e. The molecule has 1 fully saturated rings. The van der Waals surface area contributed by atoms with Gasteiger partial charge in [0.15, 0.2) is 5.82 Å². The summed E-state index contributed by atoms with van der Waals surface area (Å²) in [7, 11) is 0. The average molecular weight is 250 g/mol. The van der Waals surface area contributed by atoms with Gasteiger partial charge in [0.2, 0.25) is 0 Å². The van der Waals surface area contributed by atoms with E-state index in [4.69, 9.17) is 17.3 Å². The zero-order chi connectivity index (χ0) is 12.0. The third-order valence-electron chi connectivity index (χ3n) is 3.13. The summed E-state index contributed by atoms with van der Waals surface area (Å²) in [5, 5.41) is 12.4. The fraction of sp³-hybridized carbons (Fsp3) is 0.364. The Hall–Kier alpha value is -1.62. The second kappa shape index (κ2) is 3.70. The Morgan fingerprint density at radius 1 is 1.47 bits per heavy atom. The van der Waals surface area contributed by atoms with Crippen molar-refractivity contribution in [3.63, 3.8) is 0 Å². The van der Waals surface area contributed by atoms with E-state index in [1.807, 2.05) is 10.7 Å². The van der Waals surface area contributed by atoms with Gasteiger partial charge in [-0.25, -0.2) is 4.68 Å². The number of tetrazole rings is 1. The normalized spacial score (nSPS) is 22.7. The lowest BCUT2D eigenvalue weighted by Gasteiger charge is -2.05. The molecule has 2 atom stereocenters. The average Bonchev–Trinajstić information content (AvgIpc) is 2.85. The van der Waals surface area contributed by atoms with E-state index in [2.05, 4.69) is 22.4 Å². The third kappa shape index (κ3) is 1.76. The molecule has 2 unspecified atom stereocenters. The van der Waals surface area contributed by atoms with Gasteiger partial charge in [0.1, 0.15) is 0 Å². The number of aromatic nitrogens is 4. The van der Waals surface area contributed by atoms with E-state index in [9.17, 15) is 0 Å². The van der Waals surface area contributed by atoms with Gasteiger partial charge in [-0.05, 0) is 41.0 Å². The fourth-order valence-electron chi connectivity index (χ4n) is 1.93. The maximum atomic E-state index is 5.90. The Morgan fingerprint density at radius 3 is 2.88 bits per heavy atom. The lowest BCUT2D eigenvalue weighted by molar-refractivity contribution is 0.584. The first-order valence-corrected chi connectivity index (χ1v) is 5.88. The van der Waals surface area contributed by atoms with E-state index in [1.54, 1.807) is 12.1 Å². The molecule has 88 valence electrons. The van der Waals surface area contributed by atoms with E-state index in [1.165, 1.54) is 0 Å². The molecule has 0 amide bonds. The first kappa shape index (κ1) is 10.5. The summed E-state index contributed by atoms with van der Waals surface area (Å²) < 4.78 is 1.87. The van der Waals surface area contributed by atoms with Crippen molar-refractivity contribution < 1.29 is 0 Å². The van der Waals surface area contributed by atoms with Crippen LogP contribution in [0.25, 0.3) is 11.4 Å². The van der Waals surface area contributed by atoms with Crippen molar-refractivity contribution in [2.24, 2.45) is 5.92 Å². The molecule has 1 aromatic heterocycles. The summed E-state index contributed by atoms with van der Waals surface area (Å²) >= 11 is 5.90. The second-order valence-electron chi connectivity index (χ2n) is 4.46. The molecule has 1 aromatic carbocycles. The number of nitrogens with two attached hydrogens (primary N) is 1. The summed E-state index contributed by atoms with van der Waals surface area (Å²) in [4.78, 5) is 0. The maximum Gasteiger partial charge on any atom is 0.182 e. The first-order chi connectivity index (χ1) is 8.16. The van der Waals surface area contributed by atoms with Gasteiger partial charge in [0.25, 0.3) is 0 Å². The van der Waals surface area contributed by atoms with Gasteiger partial charge in [0.05, 0.1) is 16.8 Å². The van der Waals surface area contributed by atoms with E-state index in [-0.39, 0.29) is 0 Å². The highest BCUT2D eigenvalue weighted by atomic mass is 35.5. The zero-order valence-corrected chi connectivity index (χ0v) is 10.1. The summed E-state index contributed by atoms with van der Waals surface area (Å²) in [6, 6.07) is 5.87. The Kier molecular flexibility index (Phi) is 2.29.